The summed E-state index contributed by atoms with van der Waals surface area (Å²) in [6, 6.07) is 13.1. The van der Waals surface area contributed by atoms with Crippen molar-refractivity contribution in [2.24, 2.45) is 0 Å². The topological polar surface area (TPSA) is 68.3 Å². The number of rotatable bonds is 6. The highest BCUT2D eigenvalue weighted by Crippen LogP contribution is 2.31. The van der Waals surface area contributed by atoms with E-state index in [1.54, 1.807) is 14.2 Å². The highest BCUT2D eigenvalue weighted by Gasteiger charge is 2.09. The van der Waals surface area contributed by atoms with Crippen LogP contribution in [0.4, 0.5) is 23.1 Å². The van der Waals surface area contributed by atoms with Gasteiger partial charge in [0.05, 0.1) is 14.2 Å². The number of hydrogen-bond acceptors (Lipinski definition) is 6. The quantitative estimate of drug-likeness (QED) is 0.604. The third kappa shape index (κ3) is 4.41. The zero-order valence-electron chi connectivity index (χ0n) is 15.6. The van der Waals surface area contributed by atoms with Crippen molar-refractivity contribution in [2.75, 3.05) is 24.9 Å². The Labute approximate surface area is 163 Å². The van der Waals surface area contributed by atoms with Gasteiger partial charge in [0.2, 0.25) is 5.95 Å². The van der Waals surface area contributed by atoms with E-state index in [9.17, 15) is 0 Å². The Bertz CT molecular complexity index is 963. The minimum absolute atomic E-state index is 0.476. The van der Waals surface area contributed by atoms with Gasteiger partial charge in [-0.2, -0.15) is 4.98 Å². The van der Waals surface area contributed by atoms with Crippen LogP contribution in [-0.4, -0.2) is 24.2 Å². The molecule has 3 rings (SSSR count). The number of ether oxygens (including phenoxy) is 2. The number of anilines is 4. The van der Waals surface area contributed by atoms with Gasteiger partial charge in [0, 0.05) is 34.2 Å². The van der Waals surface area contributed by atoms with Crippen molar-refractivity contribution in [3.63, 3.8) is 0 Å². The number of hydrogen-bond donors (Lipinski definition) is 2. The smallest absolute Gasteiger partial charge is 0.229 e. The molecule has 0 aliphatic rings. The van der Waals surface area contributed by atoms with Gasteiger partial charge in [-0.15, -0.1) is 0 Å². The van der Waals surface area contributed by atoms with Crippen molar-refractivity contribution in [2.45, 2.75) is 13.8 Å². The normalized spacial score (nSPS) is 10.4. The Hall–Kier alpha value is -2.99. The van der Waals surface area contributed by atoms with E-state index in [0.29, 0.717) is 28.3 Å². The summed E-state index contributed by atoms with van der Waals surface area (Å²) in [5, 5.41) is 7.20. The first-order valence-electron chi connectivity index (χ1n) is 8.37. The maximum absolute atomic E-state index is 6.20. The molecule has 0 saturated carbocycles. The maximum Gasteiger partial charge on any atom is 0.229 e. The first kappa shape index (κ1) is 18.8. The summed E-state index contributed by atoms with van der Waals surface area (Å²) in [5.41, 5.74) is 3.49. The van der Waals surface area contributed by atoms with Crippen LogP contribution < -0.4 is 20.1 Å². The van der Waals surface area contributed by atoms with Gasteiger partial charge < -0.3 is 20.1 Å². The van der Waals surface area contributed by atoms with Crippen molar-refractivity contribution in [3.05, 3.63) is 58.7 Å². The molecule has 140 valence electrons. The number of methoxy groups -OCH3 is 2. The molecular formula is C20H21ClN4O2. The third-order valence-corrected chi connectivity index (χ3v) is 4.43. The van der Waals surface area contributed by atoms with Gasteiger partial charge in [-0.1, -0.05) is 17.7 Å². The molecule has 0 atom stereocenters. The first-order valence-corrected chi connectivity index (χ1v) is 8.75. The van der Waals surface area contributed by atoms with Crippen LogP contribution in [0.15, 0.2) is 42.5 Å². The molecule has 6 nitrogen and oxygen atoms in total. The van der Waals surface area contributed by atoms with Gasteiger partial charge in [0.25, 0.3) is 0 Å². The van der Waals surface area contributed by atoms with E-state index >= 15 is 0 Å². The van der Waals surface area contributed by atoms with Gasteiger partial charge in [-0.05, 0) is 43.7 Å². The zero-order valence-corrected chi connectivity index (χ0v) is 16.4. The maximum atomic E-state index is 6.20. The van der Waals surface area contributed by atoms with Gasteiger partial charge >= 0.3 is 0 Å². The minimum Gasteiger partial charge on any atom is -0.493 e. The molecule has 0 amide bonds. The van der Waals surface area contributed by atoms with Crippen molar-refractivity contribution >= 4 is 34.7 Å². The molecule has 0 aliphatic carbocycles. The summed E-state index contributed by atoms with van der Waals surface area (Å²) in [5.74, 6) is 2.44. The molecule has 2 aromatic carbocycles. The summed E-state index contributed by atoms with van der Waals surface area (Å²) < 4.78 is 10.6. The standard InChI is InChI=1S/C20H21ClN4O2/c1-12-10-19(24-16-7-5-6-15(21)13(16)2)25-20(22-12)23-14-8-9-17(26-3)18(11-14)27-4/h5-11H,1-4H3,(H2,22,23,24,25). The molecular weight excluding hydrogens is 364 g/mol. The van der Waals surface area contributed by atoms with E-state index in [-0.39, 0.29) is 0 Å². The van der Waals surface area contributed by atoms with E-state index in [1.807, 2.05) is 56.3 Å². The lowest BCUT2D eigenvalue weighted by molar-refractivity contribution is 0.355. The molecule has 1 heterocycles. The molecule has 2 N–H and O–H groups in total. The molecule has 0 radical (unpaired) electrons. The Morgan fingerprint density at radius 2 is 1.67 bits per heavy atom. The molecule has 0 unspecified atom stereocenters. The van der Waals surface area contributed by atoms with Crippen LogP contribution in [0.3, 0.4) is 0 Å². The monoisotopic (exact) mass is 384 g/mol. The summed E-state index contributed by atoms with van der Waals surface area (Å²) in [4.78, 5) is 8.99. The highest BCUT2D eigenvalue weighted by molar-refractivity contribution is 6.31. The summed E-state index contributed by atoms with van der Waals surface area (Å²) in [6.07, 6.45) is 0. The predicted molar refractivity (Wildman–Crippen MR) is 109 cm³/mol. The average Bonchev–Trinajstić information content (AvgIpc) is 2.65. The fourth-order valence-corrected chi connectivity index (χ4v) is 2.79. The third-order valence-electron chi connectivity index (χ3n) is 4.02. The molecule has 3 aromatic rings. The van der Waals surface area contributed by atoms with Crippen molar-refractivity contribution in [1.82, 2.24) is 9.97 Å². The Morgan fingerprint density at radius 3 is 2.41 bits per heavy atom. The second-order valence-corrected chi connectivity index (χ2v) is 6.36. The predicted octanol–water partition coefficient (Wildman–Crippen LogP) is 5.25. The average molecular weight is 385 g/mol. The fraction of sp³-hybridized carbons (Fsp3) is 0.200. The molecule has 27 heavy (non-hydrogen) atoms. The van der Waals surface area contributed by atoms with Crippen LogP contribution in [0.1, 0.15) is 11.3 Å². The molecule has 0 bridgehead atoms. The van der Waals surface area contributed by atoms with Gasteiger partial charge in [0.15, 0.2) is 11.5 Å². The Balaban J connectivity index is 1.86. The number of nitrogens with zero attached hydrogens (tertiary/aromatic N) is 2. The zero-order chi connectivity index (χ0) is 19.4. The number of aryl methyl sites for hydroxylation is 1. The van der Waals surface area contributed by atoms with Crippen LogP contribution >= 0.6 is 11.6 Å². The van der Waals surface area contributed by atoms with Crippen LogP contribution in [0.5, 0.6) is 11.5 Å². The lowest BCUT2D eigenvalue weighted by atomic mass is 10.2. The molecule has 1 aromatic heterocycles. The molecule has 0 spiro atoms. The van der Waals surface area contributed by atoms with Gasteiger partial charge in [0.1, 0.15) is 5.82 Å². The van der Waals surface area contributed by atoms with Gasteiger partial charge in [-0.25, -0.2) is 4.98 Å². The van der Waals surface area contributed by atoms with E-state index in [2.05, 4.69) is 20.6 Å². The molecule has 0 aliphatic heterocycles. The van der Waals surface area contributed by atoms with Crippen LogP contribution in [0.25, 0.3) is 0 Å². The van der Waals surface area contributed by atoms with E-state index < -0.39 is 0 Å². The number of aromatic nitrogens is 2. The van der Waals surface area contributed by atoms with Crippen LogP contribution in [0.2, 0.25) is 5.02 Å². The number of benzene rings is 2. The highest BCUT2D eigenvalue weighted by atomic mass is 35.5. The summed E-state index contributed by atoms with van der Waals surface area (Å²) >= 11 is 6.20. The second kappa shape index (κ2) is 8.14. The largest absolute Gasteiger partial charge is 0.493 e. The van der Waals surface area contributed by atoms with E-state index in [1.165, 1.54) is 0 Å². The number of halogens is 1. The second-order valence-electron chi connectivity index (χ2n) is 5.95. The fourth-order valence-electron chi connectivity index (χ4n) is 2.61. The van der Waals surface area contributed by atoms with Crippen molar-refractivity contribution in [3.8, 4) is 11.5 Å². The molecule has 0 saturated heterocycles. The minimum atomic E-state index is 0.476. The van der Waals surface area contributed by atoms with Gasteiger partial charge in [-0.3, -0.25) is 0 Å². The Kier molecular flexibility index (Phi) is 5.66. The van der Waals surface area contributed by atoms with E-state index in [4.69, 9.17) is 21.1 Å². The molecule has 0 fully saturated rings. The number of nitrogens with one attached hydrogen (secondary N) is 2. The van der Waals surface area contributed by atoms with Crippen LogP contribution in [0, 0.1) is 13.8 Å². The first-order chi connectivity index (χ1) is 13.0. The Morgan fingerprint density at radius 1 is 0.889 bits per heavy atom. The summed E-state index contributed by atoms with van der Waals surface area (Å²) in [6.45, 7) is 3.87. The van der Waals surface area contributed by atoms with E-state index in [0.717, 1.165) is 22.6 Å². The molecule has 7 heteroatoms. The lowest BCUT2D eigenvalue weighted by Crippen LogP contribution is -2.03. The lowest BCUT2D eigenvalue weighted by Gasteiger charge is -2.13. The van der Waals surface area contributed by atoms with Crippen LogP contribution in [-0.2, 0) is 0 Å². The van der Waals surface area contributed by atoms with Crippen molar-refractivity contribution in [1.29, 1.82) is 0 Å². The summed E-state index contributed by atoms with van der Waals surface area (Å²) in [7, 11) is 3.20. The van der Waals surface area contributed by atoms with Crippen molar-refractivity contribution < 1.29 is 9.47 Å². The SMILES string of the molecule is COc1ccc(Nc2nc(C)cc(Nc3cccc(Cl)c3C)n2)cc1OC.